The van der Waals surface area contributed by atoms with Gasteiger partial charge in [0, 0.05) is 5.57 Å². The van der Waals surface area contributed by atoms with Crippen molar-refractivity contribution in [3.8, 4) is 6.07 Å². The molecule has 0 bridgehead atoms. The summed E-state index contributed by atoms with van der Waals surface area (Å²) < 4.78 is 4.81. The van der Waals surface area contributed by atoms with Gasteiger partial charge in [0.25, 0.3) is 0 Å². The molecule has 23 heavy (non-hydrogen) atoms. The van der Waals surface area contributed by atoms with Crippen LogP contribution in [0.1, 0.15) is 23.6 Å². The summed E-state index contributed by atoms with van der Waals surface area (Å²) in [5, 5.41) is 9.47. The Labute approximate surface area is 136 Å². The minimum absolute atomic E-state index is 0.0413. The van der Waals surface area contributed by atoms with Crippen LogP contribution in [0.4, 0.5) is 0 Å². The molecule has 2 aromatic rings. The van der Waals surface area contributed by atoms with E-state index in [0.29, 0.717) is 5.57 Å². The maximum Gasteiger partial charge on any atom is 0.354 e. The number of nitrogens with zero attached hydrogens (tertiary/aromatic N) is 1. The van der Waals surface area contributed by atoms with Gasteiger partial charge < -0.3 is 4.74 Å². The lowest BCUT2D eigenvalue weighted by Gasteiger charge is -2.11. The molecular weight excluding hydrogens is 286 g/mol. The van der Waals surface area contributed by atoms with Crippen molar-refractivity contribution in [2.75, 3.05) is 0 Å². The van der Waals surface area contributed by atoms with Gasteiger partial charge in [-0.25, -0.2) is 4.79 Å². The fourth-order valence-electron chi connectivity index (χ4n) is 2.31. The van der Waals surface area contributed by atoms with Crippen LogP contribution in [-0.2, 0) is 16.0 Å². The molecule has 2 aromatic carbocycles. The van der Waals surface area contributed by atoms with E-state index in [1.807, 2.05) is 60.7 Å². The first-order valence-corrected chi connectivity index (χ1v) is 7.32. The molecule has 114 valence electrons. The van der Waals surface area contributed by atoms with Crippen LogP contribution in [0.25, 0.3) is 5.57 Å². The average molecular weight is 303 g/mol. The molecule has 0 aliphatic rings. The summed E-state index contributed by atoms with van der Waals surface area (Å²) in [5.41, 5.74) is 3.29. The highest BCUT2D eigenvalue weighted by Crippen LogP contribution is 2.28. The van der Waals surface area contributed by atoms with Crippen LogP contribution in [-0.4, -0.2) is 5.97 Å². The predicted molar refractivity (Wildman–Crippen MR) is 90.2 cm³/mol. The van der Waals surface area contributed by atoms with Crippen molar-refractivity contribution in [2.24, 2.45) is 0 Å². The summed E-state index contributed by atoms with van der Waals surface area (Å²) in [5.74, 6) is -0.707. The Bertz CT molecular complexity index is 766. The second-order valence-electron chi connectivity index (χ2n) is 4.85. The lowest BCUT2D eigenvalue weighted by Crippen LogP contribution is -2.06. The van der Waals surface area contributed by atoms with Crippen molar-refractivity contribution in [1.29, 1.82) is 5.26 Å². The number of hydrogen-bond donors (Lipinski definition) is 0. The average Bonchev–Trinajstić information content (AvgIpc) is 2.60. The zero-order valence-electron chi connectivity index (χ0n) is 13.0. The van der Waals surface area contributed by atoms with Crippen LogP contribution >= 0.6 is 0 Å². The van der Waals surface area contributed by atoms with E-state index in [-0.39, 0.29) is 5.57 Å². The summed E-state index contributed by atoms with van der Waals surface area (Å²) in [6.07, 6.45) is 1.96. The van der Waals surface area contributed by atoms with Gasteiger partial charge >= 0.3 is 5.97 Å². The molecule has 0 spiro atoms. The van der Waals surface area contributed by atoms with Crippen LogP contribution in [0.15, 0.2) is 73.0 Å². The van der Waals surface area contributed by atoms with Crippen molar-refractivity contribution in [1.82, 2.24) is 0 Å². The van der Waals surface area contributed by atoms with E-state index >= 15 is 0 Å². The Morgan fingerprint density at radius 2 is 1.74 bits per heavy atom. The van der Waals surface area contributed by atoms with Crippen LogP contribution < -0.4 is 0 Å². The molecule has 3 nitrogen and oxygen atoms in total. The first-order chi connectivity index (χ1) is 11.2. The van der Waals surface area contributed by atoms with Gasteiger partial charge in [-0.05, 0) is 23.1 Å². The van der Waals surface area contributed by atoms with Gasteiger partial charge in [-0.3, -0.25) is 0 Å². The molecule has 3 heteroatoms. The maximum absolute atomic E-state index is 12.1. The lowest BCUT2D eigenvalue weighted by atomic mass is 9.92. The lowest BCUT2D eigenvalue weighted by molar-refractivity contribution is -0.133. The molecule has 0 N–H and O–H groups in total. The Morgan fingerprint density at radius 3 is 2.26 bits per heavy atom. The molecular formula is C20H17NO2. The summed E-state index contributed by atoms with van der Waals surface area (Å²) in [6.45, 7) is 5.44. The SMILES string of the molecule is C=COC(=O)C(C#N)=C(c1ccccc1)c1ccc(CC)cc1. The molecule has 0 aliphatic carbocycles. The second-order valence-corrected chi connectivity index (χ2v) is 4.85. The van der Waals surface area contributed by atoms with E-state index in [0.717, 1.165) is 23.8 Å². The van der Waals surface area contributed by atoms with Crippen molar-refractivity contribution in [3.05, 3.63) is 89.7 Å². The smallest absolute Gasteiger partial charge is 0.354 e. The Kier molecular flexibility index (Phi) is 5.49. The second kappa shape index (κ2) is 7.77. The highest BCUT2D eigenvalue weighted by atomic mass is 16.5. The van der Waals surface area contributed by atoms with E-state index in [1.165, 1.54) is 5.56 Å². The van der Waals surface area contributed by atoms with Crippen LogP contribution in [0.3, 0.4) is 0 Å². The van der Waals surface area contributed by atoms with Crippen molar-refractivity contribution < 1.29 is 9.53 Å². The van der Waals surface area contributed by atoms with E-state index in [2.05, 4.69) is 13.5 Å². The first-order valence-electron chi connectivity index (χ1n) is 7.32. The van der Waals surface area contributed by atoms with E-state index in [1.54, 1.807) is 0 Å². The third-order valence-electron chi connectivity index (χ3n) is 3.47. The number of carbonyl (C=O) groups is 1. The number of benzene rings is 2. The normalized spacial score (nSPS) is 11.1. The highest BCUT2D eigenvalue weighted by Gasteiger charge is 2.19. The summed E-state index contributed by atoms with van der Waals surface area (Å²) in [7, 11) is 0. The first kappa shape index (κ1) is 16.3. The molecule has 0 unspecified atom stereocenters. The quantitative estimate of drug-likeness (QED) is 0.359. The monoisotopic (exact) mass is 303 g/mol. The number of rotatable bonds is 5. The number of esters is 1. The molecule has 0 atom stereocenters. The number of aryl methyl sites for hydroxylation is 1. The van der Waals surface area contributed by atoms with Crippen molar-refractivity contribution in [2.45, 2.75) is 13.3 Å². The molecule has 0 radical (unpaired) electrons. The Hall–Kier alpha value is -3.12. The molecule has 2 rings (SSSR count). The van der Waals surface area contributed by atoms with Crippen LogP contribution in [0.2, 0.25) is 0 Å². The fraction of sp³-hybridized carbons (Fsp3) is 0.100. The Morgan fingerprint density at radius 1 is 1.13 bits per heavy atom. The van der Waals surface area contributed by atoms with Gasteiger partial charge in [0.2, 0.25) is 0 Å². The predicted octanol–water partition coefficient (Wildman–Crippen LogP) is 4.26. The van der Waals surface area contributed by atoms with Crippen molar-refractivity contribution in [3.63, 3.8) is 0 Å². The topological polar surface area (TPSA) is 50.1 Å². The van der Waals surface area contributed by atoms with Gasteiger partial charge in [-0.2, -0.15) is 5.26 Å². The number of hydrogen-bond acceptors (Lipinski definition) is 3. The molecule has 0 aromatic heterocycles. The summed E-state index contributed by atoms with van der Waals surface area (Å²) in [6, 6.07) is 19.1. The number of ether oxygens (including phenoxy) is 1. The molecule has 0 amide bonds. The zero-order chi connectivity index (χ0) is 16.7. The van der Waals surface area contributed by atoms with Gasteiger partial charge in [-0.1, -0.05) is 68.1 Å². The molecule has 0 heterocycles. The fourth-order valence-corrected chi connectivity index (χ4v) is 2.31. The summed E-state index contributed by atoms with van der Waals surface area (Å²) >= 11 is 0. The van der Waals surface area contributed by atoms with Crippen LogP contribution in [0, 0.1) is 11.3 Å². The third kappa shape index (κ3) is 3.75. The Balaban J connectivity index is 2.66. The van der Waals surface area contributed by atoms with Crippen molar-refractivity contribution >= 4 is 11.5 Å². The van der Waals surface area contributed by atoms with E-state index in [9.17, 15) is 10.1 Å². The van der Waals surface area contributed by atoms with E-state index in [4.69, 9.17) is 4.74 Å². The number of nitriles is 1. The molecule has 0 aliphatic heterocycles. The summed E-state index contributed by atoms with van der Waals surface area (Å²) in [4.78, 5) is 12.1. The van der Waals surface area contributed by atoms with E-state index < -0.39 is 5.97 Å². The standard InChI is InChI=1S/C20H17NO2/c1-3-15-10-12-17(13-11-15)19(16-8-6-5-7-9-16)18(14-21)20(22)23-4-2/h4-13H,2-3H2,1H3. The minimum Gasteiger partial charge on any atom is -0.431 e. The molecule has 0 fully saturated rings. The van der Waals surface area contributed by atoms with Crippen LogP contribution in [0.5, 0.6) is 0 Å². The van der Waals surface area contributed by atoms with Gasteiger partial charge in [0.05, 0.1) is 6.26 Å². The largest absolute Gasteiger partial charge is 0.431 e. The molecule has 0 saturated heterocycles. The third-order valence-corrected chi connectivity index (χ3v) is 3.47. The molecule has 0 saturated carbocycles. The maximum atomic E-state index is 12.1. The zero-order valence-corrected chi connectivity index (χ0v) is 13.0. The number of carbonyl (C=O) groups excluding carboxylic acids is 1. The highest BCUT2D eigenvalue weighted by molar-refractivity contribution is 6.05. The minimum atomic E-state index is -0.707. The van der Waals surface area contributed by atoms with Gasteiger partial charge in [0.15, 0.2) is 0 Å². The van der Waals surface area contributed by atoms with Gasteiger partial charge in [0.1, 0.15) is 11.6 Å². The van der Waals surface area contributed by atoms with Gasteiger partial charge in [-0.15, -0.1) is 0 Å².